The molecule has 1 aromatic carbocycles. The molecule has 0 saturated heterocycles. The molecule has 2 heterocycles. The monoisotopic (exact) mass is 461 g/mol. The molecule has 4 N–H and O–H groups in total. The van der Waals surface area contributed by atoms with Crippen molar-refractivity contribution in [2.75, 3.05) is 18.5 Å². The minimum Gasteiger partial charge on any atom is -0.393 e. The van der Waals surface area contributed by atoms with Crippen LogP contribution < -0.4 is 11.1 Å². The summed E-state index contributed by atoms with van der Waals surface area (Å²) >= 11 is 1.01. The third-order valence-electron chi connectivity index (χ3n) is 4.63. The minimum absolute atomic E-state index is 0.110. The molecule has 0 radical (unpaired) electrons. The molecule has 1 atom stereocenters. The number of nitrogens with two attached hydrogens (primary N) is 1. The molecular formula is C23H25F2N3O3S. The van der Waals surface area contributed by atoms with Gasteiger partial charge in [-0.05, 0) is 56.2 Å². The lowest BCUT2D eigenvalue weighted by Gasteiger charge is -2.08. The molecule has 1 amide bonds. The summed E-state index contributed by atoms with van der Waals surface area (Å²) in [6.45, 7) is 4.61. The fourth-order valence-corrected chi connectivity index (χ4v) is 4.35. The molecule has 3 rings (SSSR count). The number of nitrogens with one attached hydrogen (secondary N) is 1. The topological polar surface area (TPSA) is 97.5 Å². The first kappa shape index (κ1) is 23.8. The molecule has 2 aromatic heterocycles. The number of aromatic nitrogens is 1. The number of ether oxygens (including phenoxy) is 1. The first-order chi connectivity index (χ1) is 15.3. The number of carbonyl (C=O) groups excluding carboxylic acids is 1. The highest BCUT2D eigenvalue weighted by Gasteiger charge is 2.21. The summed E-state index contributed by atoms with van der Waals surface area (Å²) < 4.78 is 34.8. The van der Waals surface area contributed by atoms with Crippen molar-refractivity contribution in [1.82, 2.24) is 4.98 Å². The van der Waals surface area contributed by atoms with Crippen LogP contribution in [0.3, 0.4) is 0 Å². The van der Waals surface area contributed by atoms with Gasteiger partial charge in [0.15, 0.2) is 0 Å². The van der Waals surface area contributed by atoms with Crippen LogP contribution in [-0.2, 0) is 17.6 Å². The van der Waals surface area contributed by atoms with Crippen molar-refractivity contribution in [3.05, 3.63) is 64.9 Å². The van der Waals surface area contributed by atoms with Gasteiger partial charge in [-0.1, -0.05) is 6.07 Å². The number of thiophene rings is 1. The summed E-state index contributed by atoms with van der Waals surface area (Å²) in [6, 6.07) is 9.13. The Bertz CT molecular complexity index is 1080. The van der Waals surface area contributed by atoms with Gasteiger partial charge in [-0.15, -0.1) is 11.3 Å². The normalized spacial score (nSPS) is 12.0. The fourth-order valence-electron chi connectivity index (χ4n) is 3.24. The van der Waals surface area contributed by atoms with Crippen LogP contribution in [0.5, 0.6) is 0 Å². The van der Waals surface area contributed by atoms with Crippen LogP contribution in [0.2, 0.25) is 0 Å². The van der Waals surface area contributed by atoms with Crippen molar-refractivity contribution in [3.63, 3.8) is 0 Å². The zero-order chi connectivity index (χ0) is 23.3. The van der Waals surface area contributed by atoms with E-state index in [1.165, 1.54) is 18.2 Å². The second-order valence-corrected chi connectivity index (χ2v) is 8.34. The molecule has 6 nitrogen and oxygen atoms in total. The second-order valence-electron chi connectivity index (χ2n) is 7.29. The van der Waals surface area contributed by atoms with Crippen LogP contribution in [0, 0.1) is 11.6 Å². The maximum absolute atomic E-state index is 14.7. The number of carbonyl (C=O) groups is 1. The Morgan fingerprint density at radius 3 is 2.62 bits per heavy atom. The van der Waals surface area contributed by atoms with E-state index >= 15 is 0 Å². The van der Waals surface area contributed by atoms with E-state index in [1.807, 2.05) is 19.1 Å². The molecule has 9 heteroatoms. The molecule has 0 aliphatic rings. The zero-order valence-corrected chi connectivity index (χ0v) is 18.6. The van der Waals surface area contributed by atoms with Crippen LogP contribution >= 0.6 is 11.3 Å². The Kier molecular flexibility index (Phi) is 7.89. The van der Waals surface area contributed by atoms with Gasteiger partial charge in [0, 0.05) is 23.6 Å². The van der Waals surface area contributed by atoms with E-state index in [0.29, 0.717) is 36.0 Å². The molecular weight excluding hydrogens is 436 g/mol. The predicted molar refractivity (Wildman–Crippen MR) is 121 cm³/mol. The number of primary amides is 1. The Morgan fingerprint density at radius 2 is 2.00 bits per heavy atom. The second kappa shape index (κ2) is 10.6. The Morgan fingerprint density at radius 1 is 1.28 bits per heavy atom. The molecule has 3 aromatic rings. The van der Waals surface area contributed by atoms with Crippen LogP contribution in [0.25, 0.3) is 10.4 Å². The van der Waals surface area contributed by atoms with Gasteiger partial charge < -0.3 is 20.9 Å². The number of anilines is 2. The highest BCUT2D eigenvalue weighted by Crippen LogP contribution is 2.39. The number of pyridine rings is 1. The van der Waals surface area contributed by atoms with Gasteiger partial charge in [0.1, 0.15) is 22.5 Å². The first-order valence-electron chi connectivity index (χ1n) is 10.2. The van der Waals surface area contributed by atoms with E-state index in [9.17, 15) is 18.7 Å². The molecule has 0 fully saturated rings. The number of rotatable bonds is 10. The van der Waals surface area contributed by atoms with E-state index in [2.05, 4.69) is 10.3 Å². The van der Waals surface area contributed by atoms with Gasteiger partial charge in [-0.3, -0.25) is 4.79 Å². The van der Waals surface area contributed by atoms with Crippen molar-refractivity contribution in [2.24, 2.45) is 5.73 Å². The van der Waals surface area contributed by atoms with Crippen LogP contribution in [-0.4, -0.2) is 35.3 Å². The van der Waals surface area contributed by atoms with Crippen LogP contribution in [0.4, 0.5) is 19.6 Å². The number of hydrogen-bond donors (Lipinski definition) is 3. The van der Waals surface area contributed by atoms with Gasteiger partial charge in [0.05, 0.1) is 23.8 Å². The van der Waals surface area contributed by atoms with Crippen molar-refractivity contribution in [1.29, 1.82) is 0 Å². The maximum Gasteiger partial charge on any atom is 0.251 e. The quantitative estimate of drug-likeness (QED) is 0.388. The number of benzene rings is 1. The van der Waals surface area contributed by atoms with E-state index in [1.54, 1.807) is 13.0 Å². The standard InChI is InChI=1S/C23H25F2N3O3S/c1-3-31-8-7-15-5-4-6-20(27-15)28-23-16(22(26)30)12-19(32-23)21-17(24)10-14(9-13(2)29)11-18(21)25/h4-6,10-13,29H,3,7-9H2,1-2H3,(H2,26,30)(H,27,28). The third kappa shape index (κ3) is 5.87. The van der Waals surface area contributed by atoms with Crippen LogP contribution in [0.1, 0.15) is 35.5 Å². The predicted octanol–water partition coefficient (Wildman–Crippen LogP) is 4.43. The average Bonchev–Trinajstić information content (AvgIpc) is 3.11. The van der Waals surface area contributed by atoms with Gasteiger partial charge in [0.25, 0.3) is 5.91 Å². The lowest BCUT2D eigenvalue weighted by Crippen LogP contribution is -2.11. The molecule has 0 bridgehead atoms. The SMILES string of the molecule is CCOCCc1cccc(Nc2sc(-c3c(F)cc(CC(C)O)cc3F)cc2C(N)=O)n1. The van der Waals surface area contributed by atoms with Crippen molar-refractivity contribution < 1.29 is 23.4 Å². The summed E-state index contributed by atoms with van der Waals surface area (Å²) in [5, 5.41) is 12.9. The number of hydrogen-bond acceptors (Lipinski definition) is 6. The minimum atomic E-state index is -0.777. The summed E-state index contributed by atoms with van der Waals surface area (Å²) in [5.41, 5.74) is 6.50. The summed E-state index contributed by atoms with van der Waals surface area (Å²) in [6.07, 6.45) is 0.0237. The van der Waals surface area contributed by atoms with Gasteiger partial charge >= 0.3 is 0 Å². The number of aliphatic hydroxyl groups is 1. The Labute approximate surface area is 189 Å². The molecule has 0 aliphatic heterocycles. The van der Waals surface area contributed by atoms with Gasteiger partial charge in [-0.25, -0.2) is 13.8 Å². The maximum atomic E-state index is 14.7. The van der Waals surface area contributed by atoms with Crippen molar-refractivity contribution in [3.8, 4) is 10.4 Å². The Hall–Kier alpha value is -2.88. The largest absolute Gasteiger partial charge is 0.393 e. The van der Waals surface area contributed by atoms with E-state index in [0.717, 1.165) is 17.0 Å². The lowest BCUT2D eigenvalue weighted by atomic mass is 10.0. The summed E-state index contributed by atoms with van der Waals surface area (Å²) in [7, 11) is 0. The summed E-state index contributed by atoms with van der Waals surface area (Å²) in [5.74, 6) is -1.81. The third-order valence-corrected chi connectivity index (χ3v) is 5.70. The highest BCUT2D eigenvalue weighted by molar-refractivity contribution is 7.20. The molecule has 0 spiro atoms. The molecule has 32 heavy (non-hydrogen) atoms. The zero-order valence-electron chi connectivity index (χ0n) is 17.8. The Balaban J connectivity index is 1.92. The number of aliphatic hydroxyl groups excluding tert-OH is 1. The highest BCUT2D eigenvalue weighted by atomic mass is 32.1. The summed E-state index contributed by atoms with van der Waals surface area (Å²) in [4.78, 5) is 16.7. The van der Waals surface area contributed by atoms with Crippen LogP contribution in [0.15, 0.2) is 36.4 Å². The number of amides is 1. The molecule has 0 saturated carbocycles. The van der Waals surface area contributed by atoms with Gasteiger partial charge in [0.2, 0.25) is 0 Å². The molecule has 170 valence electrons. The van der Waals surface area contributed by atoms with Crippen molar-refractivity contribution >= 4 is 28.1 Å². The van der Waals surface area contributed by atoms with Crippen molar-refractivity contribution in [2.45, 2.75) is 32.8 Å². The van der Waals surface area contributed by atoms with Gasteiger partial charge in [-0.2, -0.15) is 0 Å². The van der Waals surface area contributed by atoms with E-state index < -0.39 is 23.6 Å². The first-order valence-corrected chi connectivity index (χ1v) is 11.0. The smallest absolute Gasteiger partial charge is 0.251 e. The number of halogens is 2. The lowest BCUT2D eigenvalue weighted by molar-refractivity contribution is 0.100. The van der Waals surface area contributed by atoms with E-state index in [4.69, 9.17) is 10.5 Å². The number of nitrogens with zero attached hydrogens (tertiary/aromatic N) is 1. The average molecular weight is 462 g/mol. The molecule has 1 unspecified atom stereocenters. The fraction of sp³-hybridized carbons (Fsp3) is 0.304. The van der Waals surface area contributed by atoms with E-state index in [-0.39, 0.29) is 22.4 Å². The molecule has 0 aliphatic carbocycles.